The smallest absolute Gasteiger partial charge is 0.195 e. The van der Waals surface area contributed by atoms with Crippen LogP contribution in [0.5, 0.6) is 0 Å². The summed E-state index contributed by atoms with van der Waals surface area (Å²) in [6.45, 7) is 11.0. The number of hydrogen-bond donors (Lipinski definition) is 0. The molecule has 0 saturated carbocycles. The van der Waals surface area contributed by atoms with Crippen LogP contribution in [0, 0.1) is 0 Å². The maximum atomic E-state index is 12.9. The fourth-order valence-corrected chi connectivity index (χ4v) is 4.18. The Hall–Kier alpha value is -2.99. The minimum atomic E-state index is -0.195. The van der Waals surface area contributed by atoms with Crippen molar-refractivity contribution in [1.82, 2.24) is 0 Å². The van der Waals surface area contributed by atoms with Crippen molar-refractivity contribution in [3.63, 3.8) is 0 Å². The van der Waals surface area contributed by atoms with Crippen molar-refractivity contribution in [2.45, 2.75) is 33.6 Å². The van der Waals surface area contributed by atoms with Gasteiger partial charge in [-0.3, -0.25) is 14.4 Å². The van der Waals surface area contributed by atoms with Crippen LogP contribution in [0.1, 0.15) is 59.9 Å². The highest BCUT2D eigenvalue weighted by molar-refractivity contribution is 7.25. The van der Waals surface area contributed by atoms with Gasteiger partial charge in [-0.25, -0.2) is 0 Å². The van der Waals surface area contributed by atoms with E-state index in [0.717, 1.165) is 10.3 Å². The van der Waals surface area contributed by atoms with Crippen LogP contribution in [-0.4, -0.2) is 25.1 Å². The number of rotatable bonds is 3. The van der Waals surface area contributed by atoms with Gasteiger partial charge in [0.2, 0.25) is 0 Å². The molecule has 6 heteroatoms. The molecular weight excluding hydrogens is 376 g/mol. The van der Waals surface area contributed by atoms with Gasteiger partial charge >= 0.3 is 0 Å². The molecule has 0 aliphatic rings. The van der Waals surface area contributed by atoms with Crippen molar-refractivity contribution in [2.75, 3.05) is 0 Å². The fourth-order valence-electron chi connectivity index (χ4n) is 2.94. The van der Waals surface area contributed by atoms with E-state index in [1.54, 1.807) is 12.1 Å². The molecule has 0 aliphatic heterocycles. The normalized spacial score (nSPS) is 10.0. The van der Waals surface area contributed by atoms with Gasteiger partial charge in [-0.1, -0.05) is 19.9 Å². The molecular formula is C22H22O5S. The van der Waals surface area contributed by atoms with E-state index in [9.17, 15) is 14.4 Å². The molecule has 0 N–H and O–H groups in total. The van der Waals surface area contributed by atoms with E-state index in [2.05, 4.69) is 13.8 Å². The molecule has 0 aliphatic carbocycles. The van der Waals surface area contributed by atoms with Crippen LogP contribution in [0.3, 0.4) is 0 Å². The standard InChI is InChI=1S/C20H18O3S.2CH2O/c1-10(2)13-5-8-17-16(9-13)19(23)15-7-6-14(11(3)21)18(12(4)22)20(15)24-17;2*1-2/h5-10H,1-4H3;2*1H2. The Labute approximate surface area is 167 Å². The first-order valence-electron chi connectivity index (χ1n) is 8.44. The number of Topliss-reactive ketones (excluding diaryl/α,β-unsaturated/α-hetero) is 2. The van der Waals surface area contributed by atoms with E-state index in [1.807, 2.05) is 31.8 Å². The van der Waals surface area contributed by atoms with Gasteiger partial charge in [0.05, 0.1) is 4.70 Å². The van der Waals surface area contributed by atoms with Gasteiger partial charge in [0.1, 0.15) is 13.6 Å². The first-order chi connectivity index (χ1) is 13.3. The highest BCUT2D eigenvalue weighted by Crippen LogP contribution is 2.31. The molecule has 0 spiro atoms. The Morgan fingerprint density at radius 1 is 0.893 bits per heavy atom. The Morgan fingerprint density at radius 3 is 2.00 bits per heavy atom. The van der Waals surface area contributed by atoms with Gasteiger partial charge in [0.25, 0.3) is 0 Å². The van der Waals surface area contributed by atoms with E-state index in [-0.39, 0.29) is 17.0 Å². The lowest BCUT2D eigenvalue weighted by molar-refractivity contribution is -0.0987. The second-order valence-electron chi connectivity index (χ2n) is 6.32. The van der Waals surface area contributed by atoms with E-state index < -0.39 is 0 Å². The van der Waals surface area contributed by atoms with Crippen LogP contribution < -0.4 is 5.43 Å². The second kappa shape index (κ2) is 9.80. The summed E-state index contributed by atoms with van der Waals surface area (Å²) in [4.78, 5) is 52.9. The summed E-state index contributed by atoms with van der Waals surface area (Å²) < 4.78 is 1.44. The third kappa shape index (κ3) is 4.28. The number of benzene rings is 2. The molecule has 5 nitrogen and oxygen atoms in total. The molecule has 28 heavy (non-hydrogen) atoms. The molecule has 1 aromatic heterocycles. The third-order valence-electron chi connectivity index (χ3n) is 4.26. The lowest BCUT2D eigenvalue weighted by Crippen LogP contribution is -2.09. The first-order valence-corrected chi connectivity index (χ1v) is 9.26. The molecule has 1 heterocycles. The van der Waals surface area contributed by atoms with Gasteiger partial charge < -0.3 is 9.59 Å². The Balaban J connectivity index is 0.000000921. The van der Waals surface area contributed by atoms with Crippen LogP contribution in [0.2, 0.25) is 0 Å². The number of carbonyl (C=O) groups is 4. The Bertz CT molecular complexity index is 1090. The molecule has 3 rings (SSSR count). The SMILES string of the molecule is C=O.C=O.CC(=O)c1ccc2c(=O)c3cc(C(C)C)ccc3sc2c1C(C)=O. The van der Waals surface area contributed by atoms with Crippen molar-refractivity contribution < 1.29 is 19.2 Å². The maximum absolute atomic E-state index is 12.9. The average molecular weight is 398 g/mol. The van der Waals surface area contributed by atoms with E-state index in [1.165, 1.54) is 25.2 Å². The predicted octanol–water partition coefficient (Wildman–Crippen LogP) is 4.57. The number of ketones is 2. The predicted molar refractivity (Wildman–Crippen MR) is 114 cm³/mol. The van der Waals surface area contributed by atoms with Crippen molar-refractivity contribution in [3.8, 4) is 0 Å². The van der Waals surface area contributed by atoms with Crippen molar-refractivity contribution >= 4 is 56.7 Å². The van der Waals surface area contributed by atoms with Crippen LogP contribution in [0.25, 0.3) is 20.2 Å². The van der Waals surface area contributed by atoms with Crippen molar-refractivity contribution in [3.05, 3.63) is 57.2 Å². The molecule has 0 fully saturated rings. The molecule has 3 aromatic rings. The lowest BCUT2D eigenvalue weighted by Gasteiger charge is -2.10. The zero-order valence-corrected chi connectivity index (χ0v) is 17.1. The summed E-state index contributed by atoms with van der Waals surface area (Å²) in [6.07, 6.45) is 0. The highest BCUT2D eigenvalue weighted by atomic mass is 32.1. The van der Waals surface area contributed by atoms with Crippen molar-refractivity contribution in [1.29, 1.82) is 0 Å². The number of hydrogen-bond acceptors (Lipinski definition) is 6. The fraction of sp³-hybridized carbons (Fsp3) is 0.227. The van der Waals surface area contributed by atoms with Crippen LogP contribution >= 0.6 is 11.3 Å². The first kappa shape index (κ1) is 23.0. The summed E-state index contributed by atoms with van der Waals surface area (Å²) in [5, 5.41) is 1.17. The summed E-state index contributed by atoms with van der Waals surface area (Å²) in [6, 6.07) is 9.13. The average Bonchev–Trinajstić information content (AvgIpc) is 2.69. The maximum Gasteiger partial charge on any atom is 0.195 e. The molecule has 0 unspecified atom stereocenters. The van der Waals surface area contributed by atoms with Crippen LogP contribution in [0.4, 0.5) is 0 Å². The van der Waals surface area contributed by atoms with Gasteiger partial charge in [-0.2, -0.15) is 0 Å². The third-order valence-corrected chi connectivity index (χ3v) is 5.46. The van der Waals surface area contributed by atoms with Gasteiger partial charge in [-0.05, 0) is 49.6 Å². The van der Waals surface area contributed by atoms with E-state index in [4.69, 9.17) is 9.59 Å². The monoisotopic (exact) mass is 398 g/mol. The van der Waals surface area contributed by atoms with Crippen LogP contribution in [-0.2, 0) is 9.59 Å². The zero-order valence-electron chi connectivity index (χ0n) is 16.3. The van der Waals surface area contributed by atoms with E-state index in [0.29, 0.717) is 32.5 Å². The molecule has 0 atom stereocenters. The minimum Gasteiger partial charge on any atom is -0.307 e. The molecule has 0 saturated heterocycles. The topological polar surface area (TPSA) is 85.3 Å². The molecule has 146 valence electrons. The largest absolute Gasteiger partial charge is 0.307 e. The molecule has 0 radical (unpaired) electrons. The van der Waals surface area contributed by atoms with Gasteiger partial charge in [0.15, 0.2) is 17.0 Å². The summed E-state index contributed by atoms with van der Waals surface area (Å²) in [5.41, 5.74) is 1.76. The minimum absolute atomic E-state index is 0.0844. The lowest BCUT2D eigenvalue weighted by atomic mass is 9.98. The summed E-state index contributed by atoms with van der Waals surface area (Å²) >= 11 is 1.40. The Kier molecular flexibility index (Phi) is 8.07. The van der Waals surface area contributed by atoms with Crippen molar-refractivity contribution in [2.24, 2.45) is 0 Å². The van der Waals surface area contributed by atoms with Gasteiger partial charge in [-0.15, -0.1) is 11.3 Å². The second-order valence-corrected chi connectivity index (χ2v) is 7.37. The Morgan fingerprint density at radius 2 is 1.50 bits per heavy atom. The zero-order chi connectivity index (χ0) is 21.6. The highest BCUT2D eigenvalue weighted by Gasteiger charge is 2.18. The van der Waals surface area contributed by atoms with Gasteiger partial charge in [0, 0.05) is 26.6 Å². The molecule has 0 amide bonds. The molecule has 0 bridgehead atoms. The van der Waals surface area contributed by atoms with Crippen LogP contribution in [0.15, 0.2) is 35.1 Å². The van der Waals surface area contributed by atoms with E-state index >= 15 is 0 Å². The number of carbonyl (C=O) groups excluding carboxylic acids is 4. The number of fused-ring (bicyclic) bond motifs is 2. The summed E-state index contributed by atoms with van der Waals surface area (Å²) in [5.74, 6) is -0.0287. The quantitative estimate of drug-likeness (QED) is 0.476. The summed E-state index contributed by atoms with van der Waals surface area (Å²) in [7, 11) is 0. The molecule has 2 aromatic carbocycles.